The van der Waals surface area contributed by atoms with Crippen LogP contribution in [-0.2, 0) is 30.6 Å². The van der Waals surface area contributed by atoms with Gasteiger partial charge in [0.05, 0.1) is 19.3 Å². The van der Waals surface area contributed by atoms with Crippen molar-refractivity contribution >= 4 is 17.3 Å². The molecule has 1 aromatic carbocycles. The molecule has 0 saturated heterocycles. The predicted molar refractivity (Wildman–Crippen MR) is 101 cm³/mol. The molecule has 2 aromatic rings. The molecule has 5 nitrogen and oxygen atoms in total. The minimum absolute atomic E-state index is 0.173. The molecule has 0 saturated carbocycles. The highest BCUT2D eigenvalue weighted by Gasteiger charge is 2.33. The van der Waals surface area contributed by atoms with E-state index in [1.54, 1.807) is 7.05 Å². The van der Waals surface area contributed by atoms with Gasteiger partial charge in [-0.1, -0.05) is 24.3 Å². The van der Waals surface area contributed by atoms with Crippen LogP contribution in [0.2, 0.25) is 0 Å². The minimum atomic E-state index is -4.42. The average Bonchev–Trinajstić information content (AvgIpc) is 3.10. The number of hydrogen-bond donors (Lipinski definition) is 2. The first-order chi connectivity index (χ1) is 12.8. The molecule has 0 radical (unpaired) electrons. The predicted octanol–water partition coefficient (Wildman–Crippen LogP) is 3.95. The molecule has 0 aliphatic rings. The number of alkyl halides is 3. The molecule has 0 aliphatic carbocycles. The zero-order chi connectivity index (χ0) is 19.9. The van der Waals surface area contributed by atoms with E-state index in [4.69, 9.17) is 4.74 Å². The normalized spacial score (nSPS) is 12.5. The lowest BCUT2D eigenvalue weighted by Gasteiger charge is -2.12. The number of thiazole rings is 1. The van der Waals surface area contributed by atoms with E-state index in [1.807, 2.05) is 38.1 Å². The zero-order valence-corrected chi connectivity index (χ0v) is 16.2. The van der Waals surface area contributed by atoms with E-state index in [2.05, 4.69) is 20.6 Å². The van der Waals surface area contributed by atoms with Crippen molar-refractivity contribution in [1.29, 1.82) is 0 Å². The van der Waals surface area contributed by atoms with Crippen molar-refractivity contribution in [2.24, 2.45) is 4.99 Å². The monoisotopic (exact) mass is 400 g/mol. The number of aromatic nitrogens is 1. The number of rotatable bonds is 7. The summed E-state index contributed by atoms with van der Waals surface area (Å²) in [6.45, 7) is 5.27. The molecule has 148 valence electrons. The first-order valence-electron chi connectivity index (χ1n) is 8.43. The quantitative estimate of drug-likeness (QED) is 0.546. The second-order valence-corrected chi connectivity index (χ2v) is 7.02. The maximum absolute atomic E-state index is 12.6. The Morgan fingerprint density at radius 2 is 1.78 bits per heavy atom. The molecule has 1 heterocycles. The van der Waals surface area contributed by atoms with Gasteiger partial charge in [0.2, 0.25) is 0 Å². The SMILES string of the molecule is CN=C(NCc1ccc(COC(C)C)cc1)NCc1nc(C(F)(F)F)cs1. The van der Waals surface area contributed by atoms with Crippen LogP contribution in [0.4, 0.5) is 13.2 Å². The van der Waals surface area contributed by atoms with Gasteiger partial charge in [0.15, 0.2) is 11.7 Å². The second kappa shape index (κ2) is 9.70. The molecule has 0 amide bonds. The summed E-state index contributed by atoms with van der Waals surface area (Å²) < 4.78 is 43.3. The van der Waals surface area contributed by atoms with E-state index >= 15 is 0 Å². The fourth-order valence-corrected chi connectivity index (χ4v) is 2.84. The van der Waals surface area contributed by atoms with Gasteiger partial charge in [0.25, 0.3) is 0 Å². The second-order valence-electron chi connectivity index (χ2n) is 6.08. The van der Waals surface area contributed by atoms with Crippen molar-refractivity contribution in [1.82, 2.24) is 15.6 Å². The third-order valence-corrected chi connectivity index (χ3v) is 4.39. The molecule has 0 fully saturated rings. The number of aliphatic imine (C=N–C) groups is 1. The first kappa shape index (κ1) is 21.2. The van der Waals surface area contributed by atoms with Crippen molar-refractivity contribution in [3.63, 3.8) is 0 Å². The highest BCUT2D eigenvalue weighted by atomic mass is 32.1. The Morgan fingerprint density at radius 1 is 1.15 bits per heavy atom. The van der Waals surface area contributed by atoms with Gasteiger partial charge in [-0.3, -0.25) is 4.99 Å². The maximum atomic E-state index is 12.6. The van der Waals surface area contributed by atoms with Crippen molar-refractivity contribution in [3.8, 4) is 0 Å². The van der Waals surface area contributed by atoms with Gasteiger partial charge >= 0.3 is 6.18 Å². The summed E-state index contributed by atoms with van der Waals surface area (Å²) in [5.74, 6) is 0.492. The minimum Gasteiger partial charge on any atom is -0.374 e. The molecule has 2 rings (SSSR count). The van der Waals surface area contributed by atoms with Crippen LogP contribution < -0.4 is 10.6 Å². The fraction of sp³-hybridized carbons (Fsp3) is 0.444. The third kappa shape index (κ3) is 7.18. The average molecular weight is 400 g/mol. The van der Waals surface area contributed by atoms with E-state index in [9.17, 15) is 13.2 Å². The standard InChI is InChI=1S/C18H23F3N4OS/c1-12(2)26-10-14-6-4-13(5-7-14)8-23-17(22-3)24-9-16-25-15(11-27-16)18(19,20)21/h4-7,11-12H,8-10H2,1-3H3,(H2,22,23,24). The molecule has 0 atom stereocenters. The van der Waals surface area contributed by atoms with Gasteiger partial charge in [-0.05, 0) is 25.0 Å². The maximum Gasteiger partial charge on any atom is 0.434 e. The Bertz CT molecular complexity index is 742. The van der Waals surface area contributed by atoms with Gasteiger partial charge in [0, 0.05) is 19.0 Å². The smallest absolute Gasteiger partial charge is 0.374 e. The highest BCUT2D eigenvalue weighted by molar-refractivity contribution is 7.09. The summed E-state index contributed by atoms with van der Waals surface area (Å²) >= 11 is 0.963. The Kier molecular flexibility index (Phi) is 7.61. The third-order valence-electron chi connectivity index (χ3n) is 3.54. The van der Waals surface area contributed by atoms with Gasteiger partial charge in [0.1, 0.15) is 5.01 Å². The van der Waals surface area contributed by atoms with E-state index in [0.717, 1.165) is 27.8 Å². The summed E-state index contributed by atoms with van der Waals surface area (Å²) in [7, 11) is 1.60. The molecule has 27 heavy (non-hydrogen) atoms. The van der Waals surface area contributed by atoms with E-state index in [0.29, 0.717) is 24.1 Å². The van der Waals surface area contributed by atoms with E-state index < -0.39 is 11.9 Å². The lowest BCUT2D eigenvalue weighted by Crippen LogP contribution is -2.36. The summed E-state index contributed by atoms with van der Waals surface area (Å²) in [5, 5.41) is 7.45. The van der Waals surface area contributed by atoms with Crippen LogP contribution in [0.5, 0.6) is 0 Å². The van der Waals surface area contributed by atoms with Crippen molar-refractivity contribution < 1.29 is 17.9 Å². The molecular weight excluding hydrogens is 377 g/mol. The number of ether oxygens (including phenoxy) is 1. The van der Waals surface area contributed by atoms with Crippen molar-refractivity contribution in [3.05, 3.63) is 51.5 Å². The van der Waals surface area contributed by atoms with Crippen molar-refractivity contribution in [2.75, 3.05) is 7.05 Å². The molecule has 0 unspecified atom stereocenters. The largest absolute Gasteiger partial charge is 0.434 e. The number of hydrogen-bond acceptors (Lipinski definition) is 4. The zero-order valence-electron chi connectivity index (χ0n) is 15.4. The Labute approximate surface area is 160 Å². The van der Waals surface area contributed by atoms with Gasteiger partial charge in [-0.15, -0.1) is 11.3 Å². The topological polar surface area (TPSA) is 58.5 Å². The van der Waals surface area contributed by atoms with Crippen LogP contribution in [-0.4, -0.2) is 24.1 Å². The van der Waals surface area contributed by atoms with Gasteiger partial charge in [-0.2, -0.15) is 13.2 Å². The van der Waals surface area contributed by atoms with Crippen molar-refractivity contribution in [2.45, 2.75) is 45.8 Å². The van der Waals surface area contributed by atoms with E-state index in [-0.39, 0.29) is 12.6 Å². The fourth-order valence-electron chi connectivity index (χ4n) is 2.10. The molecular formula is C18H23F3N4OS. The van der Waals surface area contributed by atoms with Crippen LogP contribution in [0.1, 0.15) is 35.7 Å². The molecule has 0 aliphatic heterocycles. The Balaban J connectivity index is 1.81. The van der Waals surface area contributed by atoms with Crippen LogP contribution in [0.3, 0.4) is 0 Å². The van der Waals surface area contributed by atoms with Gasteiger partial charge in [-0.25, -0.2) is 4.98 Å². The van der Waals surface area contributed by atoms with E-state index in [1.165, 1.54) is 0 Å². The molecule has 9 heteroatoms. The lowest BCUT2D eigenvalue weighted by molar-refractivity contribution is -0.140. The number of nitrogens with zero attached hydrogens (tertiary/aromatic N) is 2. The first-order valence-corrected chi connectivity index (χ1v) is 9.31. The van der Waals surface area contributed by atoms with Crippen LogP contribution in [0, 0.1) is 0 Å². The molecule has 2 N–H and O–H groups in total. The lowest BCUT2D eigenvalue weighted by atomic mass is 10.1. The summed E-state index contributed by atoms with van der Waals surface area (Å²) in [6, 6.07) is 8.00. The number of nitrogens with one attached hydrogen (secondary N) is 2. The molecule has 0 bridgehead atoms. The molecule has 1 aromatic heterocycles. The van der Waals surface area contributed by atoms with Crippen LogP contribution >= 0.6 is 11.3 Å². The van der Waals surface area contributed by atoms with Gasteiger partial charge < -0.3 is 15.4 Å². The Hall–Kier alpha value is -2.13. The number of guanidine groups is 1. The Morgan fingerprint density at radius 3 is 2.33 bits per heavy atom. The summed E-state index contributed by atoms with van der Waals surface area (Å²) in [4.78, 5) is 7.65. The number of halogens is 3. The summed E-state index contributed by atoms with van der Waals surface area (Å²) in [5.41, 5.74) is 1.29. The molecule has 0 spiro atoms. The summed E-state index contributed by atoms with van der Waals surface area (Å²) in [6.07, 6.45) is -4.23. The van der Waals surface area contributed by atoms with Crippen LogP contribution in [0.15, 0.2) is 34.6 Å². The highest BCUT2D eigenvalue weighted by Crippen LogP contribution is 2.29. The van der Waals surface area contributed by atoms with Crippen LogP contribution in [0.25, 0.3) is 0 Å². The number of benzene rings is 1.